The van der Waals surface area contributed by atoms with Crippen molar-refractivity contribution in [3.63, 3.8) is 0 Å². The molecule has 0 N–H and O–H groups in total. The minimum absolute atomic E-state index is 0.243. The summed E-state index contributed by atoms with van der Waals surface area (Å²) in [6, 6.07) is 38.3. The van der Waals surface area contributed by atoms with Crippen LogP contribution in [0.25, 0.3) is 33.0 Å². The molecule has 0 atom stereocenters. The zero-order valence-electron chi connectivity index (χ0n) is 16.8. The van der Waals surface area contributed by atoms with Crippen LogP contribution in [0, 0.1) is 6.92 Å². The largest absolute Gasteiger partial charge is 0.0728 e. The van der Waals surface area contributed by atoms with Crippen molar-refractivity contribution in [2.75, 3.05) is 0 Å². The van der Waals surface area contributed by atoms with Crippen molar-refractivity contribution < 1.29 is 0 Å². The van der Waals surface area contributed by atoms with Crippen molar-refractivity contribution in [3.8, 4) is 22.3 Å². The van der Waals surface area contributed by atoms with Gasteiger partial charge in [-0.1, -0.05) is 103 Å². The fourth-order valence-electron chi connectivity index (χ4n) is 6.18. The zero-order chi connectivity index (χ0) is 19.9. The molecule has 0 amide bonds. The van der Waals surface area contributed by atoms with Crippen molar-refractivity contribution in [2.45, 2.75) is 12.3 Å². The molecule has 0 fully saturated rings. The molecule has 5 aromatic carbocycles. The summed E-state index contributed by atoms with van der Waals surface area (Å²) in [5.41, 5.74) is 12.3. The quantitative estimate of drug-likeness (QED) is 0.256. The smallest absolute Gasteiger partial charge is 0.0619 e. The van der Waals surface area contributed by atoms with Gasteiger partial charge in [0, 0.05) is 0 Å². The van der Waals surface area contributed by atoms with Crippen LogP contribution < -0.4 is 0 Å². The first kappa shape index (κ1) is 16.2. The van der Waals surface area contributed by atoms with Crippen LogP contribution in [-0.2, 0) is 5.41 Å². The first-order chi connectivity index (χ1) is 14.8. The van der Waals surface area contributed by atoms with Crippen LogP contribution in [0.4, 0.5) is 0 Å². The average Bonchev–Trinajstić information content (AvgIpc) is 3.27. The van der Waals surface area contributed by atoms with E-state index in [1.54, 1.807) is 0 Å². The van der Waals surface area contributed by atoms with Crippen LogP contribution >= 0.6 is 0 Å². The fourth-order valence-corrected chi connectivity index (χ4v) is 6.18. The van der Waals surface area contributed by atoms with Crippen molar-refractivity contribution in [3.05, 3.63) is 131 Å². The molecule has 0 radical (unpaired) electrons. The molecule has 0 unspecified atom stereocenters. The number of fused-ring (bicyclic) bond motifs is 12. The lowest BCUT2D eigenvalue weighted by Crippen LogP contribution is -2.26. The lowest BCUT2D eigenvalue weighted by molar-refractivity contribution is 0.787. The van der Waals surface area contributed by atoms with Gasteiger partial charge in [-0.2, -0.15) is 0 Å². The van der Waals surface area contributed by atoms with E-state index in [1.165, 1.54) is 60.8 Å². The standard InChI is InChI=1S/C30H20/c1-19-9-8-14-24-28-21-11-3-2-10-20(21)17-18-27(28)30(29(19)24)25-15-6-4-12-22(25)23-13-5-7-16-26(23)30/h2-18H,1H3. The Morgan fingerprint density at radius 2 is 1.13 bits per heavy atom. The van der Waals surface area contributed by atoms with Crippen molar-refractivity contribution in [1.82, 2.24) is 0 Å². The molecule has 1 spiro atoms. The summed E-state index contributed by atoms with van der Waals surface area (Å²) < 4.78 is 0. The maximum Gasteiger partial charge on any atom is 0.0728 e. The summed E-state index contributed by atoms with van der Waals surface area (Å²) in [6.07, 6.45) is 0. The van der Waals surface area contributed by atoms with Crippen LogP contribution in [0.2, 0.25) is 0 Å². The number of hydrogen-bond donors (Lipinski definition) is 0. The summed E-state index contributed by atoms with van der Waals surface area (Å²) in [4.78, 5) is 0. The van der Waals surface area contributed by atoms with Gasteiger partial charge in [-0.3, -0.25) is 0 Å². The Bertz CT molecular complexity index is 1460. The van der Waals surface area contributed by atoms with Gasteiger partial charge in [0.15, 0.2) is 0 Å². The Hall–Kier alpha value is -3.64. The van der Waals surface area contributed by atoms with E-state index < -0.39 is 0 Å². The third-order valence-electron chi connectivity index (χ3n) is 7.20. The van der Waals surface area contributed by atoms with E-state index in [0.29, 0.717) is 0 Å². The Morgan fingerprint density at radius 1 is 0.500 bits per heavy atom. The van der Waals surface area contributed by atoms with Gasteiger partial charge in [0.2, 0.25) is 0 Å². The van der Waals surface area contributed by atoms with Gasteiger partial charge in [0.1, 0.15) is 0 Å². The highest BCUT2D eigenvalue weighted by molar-refractivity contribution is 6.06. The second-order valence-electron chi connectivity index (χ2n) is 8.55. The molecule has 2 aliphatic rings. The molecule has 2 aliphatic carbocycles. The average molecular weight is 380 g/mol. The normalized spacial score (nSPS) is 14.4. The molecule has 5 aromatic rings. The van der Waals surface area contributed by atoms with Crippen molar-refractivity contribution in [1.29, 1.82) is 0 Å². The topological polar surface area (TPSA) is 0 Å². The Labute approximate surface area is 176 Å². The van der Waals surface area contributed by atoms with E-state index in [-0.39, 0.29) is 5.41 Å². The minimum Gasteiger partial charge on any atom is -0.0619 e. The number of aryl methyl sites for hydroxylation is 1. The predicted octanol–water partition coefficient (Wildman–Crippen LogP) is 7.49. The van der Waals surface area contributed by atoms with E-state index in [4.69, 9.17) is 0 Å². The molecule has 0 saturated carbocycles. The molecule has 0 aliphatic heterocycles. The first-order valence-corrected chi connectivity index (χ1v) is 10.6. The lowest BCUT2D eigenvalue weighted by atomic mass is 9.69. The van der Waals surface area contributed by atoms with E-state index >= 15 is 0 Å². The monoisotopic (exact) mass is 380 g/mol. The number of hydrogen-bond acceptors (Lipinski definition) is 0. The van der Waals surface area contributed by atoms with Gasteiger partial charge >= 0.3 is 0 Å². The highest BCUT2D eigenvalue weighted by Gasteiger charge is 2.52. The molecule has 140 valence electrons. The SMILES string of the molecule is Cc1cccc2c1C1(c3ccccc3-c3ccccc31)c1ccc3ccccc3c1-2. The van der Waals surface area contributed by atoms with Crippen LogP contribution in [0.1, 0.15) is 27.8 Å². The van der Waals surface area contributed by atoms with E-state index in [2.05, 4.69) is 110 Å². The molecule has 0 nitrogen and oxygen atoms in total. The van der Waals surface area contributed by atoms with Crippen molar-refractivity contribution >= 4 is 10.8 Å². The minimum atomic E-state index is -0.243. The van der Waals surface area contributed by atoms with Crippen LogP contribution in [-0.4, -0.2) is 0 Å². The molecule has 0 saturated heterocycles. The fraction of sp³-hybridized carbons (Fsp3) is 0.0667. The van der Waals surface area contributed by atoms with E-state index in [9.17, 15) is 0 Å². The van der Waals surface area contributed by atoms with Gasteiger partial charge in [0.25, 0.3) is 0 Å². The third kappa shape index (κ3) is 1.70. The maximum atomic E-state index is 2.38. The Kier molecular flexibility index (Phi) is 2.96. The predicted molar refractivity (Wildman–Crippen MR) is 125 cm³/mol. The lowest BCUT2D eigenvalue weighted by Gasteiger charge is -2.31. The molecule has 0 aromatic heterocycles. The maximum absolute atomic E-state index is 2.38. The van der Waals surface area contributed by atoms with Gasteiger partial charge in [0.05, 0.1) is 5.41 Å². The molecule has 0 bridgehead atoms. The highest BCUT2D eigenvalue weighted by atomic mass is 14.5. The number of benzene rings is 5. The Morgan fingerprint density at radius 3 is 1.90 bits per heavy atom. The third-order valence-corrected chi connectivity index (χ3v) is 7.20. The summed E-state index contributed by atoms with van der Waals surface area (Å²) in [5, 5.41) is 2.65. The van der Waals surface area contributed by atoms with Gasteiger partial charge < -0.3 is 0 Å². The number of rotatable bonds is 0. The Balaban J connectivity index is 1.78. The molecular formula is C30H20. The summed E-state index contributed by atoms with van der Waals surface area (Å²) >= 11 is 0. The summed E-state index contributed by atoms with van der Waals surface area (Å²) in [7, 11) is 0. The first-order valence-electron chi connectivity index (χ1n) is 10.6. The van der Waals surface area contributed by atoms with Crippen molar-refractivity contribution in [2.24, 2.45) is 0 Å². The highest BCUT2D eigenvalue weighted by Crippen LogP contribution is 2.64. The summed E-state index contributed by atoms with van der Waals surface area (Å²) in [5.74, 6) is 0. The zero-order valence-corrected chi connectivity index (χ0v) is 16.8. The van der Waals surface area contributed by atoms with Crippen LogP contribution in [0.15, 0.2) is 103 Å². The molecule has 30 heavy (non-hydrogen) atoms. The molecule has 0 heteroatoms. The molecular weight excluding hydrogens is 360 g/mol. The summed E-state index contributed by atoms with van der Waals surface area (Å²) in [6.45, 7) is 2.28. The van der Waals surface area contributed by atoms with Gasteiger partial charge in [-0.15, -0.1) is 0 Å². The van der Waals surface area contributed by atoms with Crippen LogP contribution in [0.5, 0.6) is 0 Å². The second kappa shape index (κ2) is 5.49. The van der Waals surface area contributed by atoms with Gasteiger partial charge in [-0.05, 0) is 67.8 Å². The molecule has 7 rings (SSSR count). The van der Waals surface area contributed by atoms with Gasteiger partial charge in [-0.25, -0.2) is 0 Å². The van der Waals surface area contributed by atoms with Crippen LogP contribution in [0.3, 0.4) is 0 Å². The van der Waals surface area contributed by atoms with E-state index in [1.807, 2.05) is 0 Å². The molecule has 0 heterocycles. The van der Waals surface area contributed by atoms with E-state index in [0.717, 1.165) is 0 Å². The second-order valence-corrected chi connectivity index (χ2v) is 8.55.